The predicted octanol–water partition coefficient (Wildman–Crippen LogP) is 2.86. The fourth-order valence-electron chi connectivity index (χ4n) is 2.20. The first-order chi connectivity index (χ1) is 9.97. The molecule has 0 amide bonds. The largest absolute Gasteiger partial charge is 0.480 e. The number of fused-ring (bicyclic) bond motifs is 1. The molecular weight excluding hydrogens is 271 g/mol. The quantitative estimate of drug-likeness (QED) is 0.717. The maximum Gasteiger partial charge on any atom is 0.321 e. The predicted molar refractivity (Wildman–Crippen MR) is 80.8 cm³/mol. The first kappa shape index (κ1) is 15.3. The minimum atomic E-state index is -0.895. The molecule has 3 N–H and O–H groups in total. The Kier molecular flexibility index (Phi) is 4.75. The van der Waals surface area contributed by atoms with Crippen LogP contribution in [-0.4, -0.2) is 28.6 Å². The average molecular weight is 290 g/mol. The minimum Gasteiger partial charge on any atom is -0.480 e. The number of aromatic amines is 1. The van der Waals surface area contributed by atoms with Crippen LogP contribution in [0.4, 0.5) is 4.39 Å². The number of aliphatic carboxylic acids is 1. The van der Waals surface area contributed by atoms with Gasteiger partial charge in [0.25, 0.3) is 0 Å². The lowest BCUT2D eigenvalue weighted by Crippen LogP contribution is -2.38. The molecule has 0 aliphatic rings. The molecule has 2 rings (SSSR count). The van der Waals surface area contributed by atoms with Crippen LogP contribution in [0.2, 0.25) is 0 Å². The smallest absolute Gasteiger partial charge is 0.321 e. The van der Waals surface area contributed by atoms with Crippen LogP contribution in [0.1, 0.15) is 19.4 Å². The molecule has 1 unspecified atom stereocenters. The highest BCUT2D eigenvalue weighted by molar-refractivity contribution is 5.84. The number of carbonyl (C=O) groups is 1. The molecule has 0 fully saturated rings. The zero-order chi connectivity index (χ0) is 15.4. The molecule has 0 spiro atoms. The van der Waals surface area contributed by atoms with Gasteiger partial charge in [-0.25, -0.2) is 4.39 Å². The van der Waals surface area contributed by atoms with Crippen molar-refractivity contribution in [1.29, 1.82) is 0 Å². The van der Waals surface area contributed by atoms with Crippen LogP contribution in [0.3, 0.4) is 0 Å². The molecule has 0 aliphatic heterocycles. The number of hydrogen-bond acceptors (Lipinski definition) is 2. The molecule has 0 aliphatic carbocycles. The monoisotopic (exact) mass is 290 g/mol. The summed E-state index contributed by atoms with van der Waals surface area (Å²) < 4.78 is 13.1. The van der Waals surface area contributed by atoms with Crippen LogP contribution >= 0.6 is 0 Å². The summed E-state index contributed by atoms with van der Waals surface area (Å²) in [5.74, 6) is -1.21. The van der Waals surface area contributed by atoms with Crippen molar-refractivity contribution in [2.45, 2.75) is 26.3 Å². The lowest BCUT2D eigenvalue weighted by atomic mass is 10.0. The van der Waals surface area contributed by atoms with Crippen LogP contribution in [0, 0.1) is 5.82 Å². The zero-order valence-corrected chi connectivity index (χ0v) is 12.1. The fourth-order valence-corrected chi connectivity index (χ4v) is 2.20. The molecular formula is C16H19FN2O2. The maximum atomic E-state index is 13.1. The van der Waals surface area contributed by atoms with E-state index in [1.807, 2.05) is 19.9 Å². The van der Waals surface area contributed by atoms with E-state index in [1.54, 1.807) is 12.3 Å². The number of carboxylic acid groups (broad SMARTS) is 1. The Hall–Kier alpha value is -2.14. The number of halogens is 1. The van der Waals surface area contributed by atoms with E-state index in [4.69, 9.17) is 0 Å². The summed E-state index contributed by atoms with van der Waals surface area (Å²) in [4.78, 5) is 14.3. The SMILES string of the molecule is CC(C)=CCNC(Cc1c[nH]c2cc(F)ccc12)C(=O)O. The van der Waals surface area contributed by atoms with Gasteiger partial charge in [-0.1, -0.05) is 11.6 Å². The van der Waals surface area contributed by atoms with Crippen LogP contribution in [-0.2, 0) is 11.2 Å². The number of H-pyrrole nitrogens is 1. The first-order valence-electron chi connectivity index (χ1n) is 6.82. The van der Waals surface area contributed by atoms with E-state index in [-0.39, 0.29) is 5.82 Å². The van der Waals surface area contributed by atoms with E-state index in [1.165, 1.54) is 12.1 Å². The van der Waals surface area contributed by atoms with Crippen molar-refractivity contribution < 1.29 is 14.3 Å². The molecule has 1 aromatic heterocycles. The molecule has 0 saturated heterocycles. The maximum absolute atomic E-state index is 13.1. The Labute approximate surface area is 122 Å². The Morgan fingerprint density at radius 2 is 2.24 bits per heavy atom. The number of aromatic nitrogens is 1. The van der Waals surface area contributed by atoms with E-state index in [0.29, 0.717) is 18.5 Å². The number of hydrogen-bond donors (Lipinski definition) is 3. The molecule has 1 aromatic carbocycles. The standard InChI is InChI=1S/C16H19FN2O2/c1-10(2)5-6-18-15(16(20)21)7-11-9-19-14-8-12(17)3-4-13(11)14/h3-5,8-9,15,18-19H,6-7H2,1-2H3,(H,20,21). The molecule has 1 heterocycles. The van der Waals surface area contributed by atoms with Crippen molar-refractivity contribution in [3.8, 4) is 0 Å². The third-order valence-electron chi connectivity index (χ3n) is 3.33. The summed E-state index contributed by atoms with van der Waals surface area (Å²) in [6.45, 7) is 4.44. The molecule has 2 aromatic rings. The van der Waals surface area contributed by atoms with Crippen molar-refractivity contribution in [2.75, 3.05) is 6.54 Å². The van der Waals surface area contributed by atoms with Crippen LogP contribution in [0.25, 0.3) is 10.9 Å². The topological polar surface area (TPSA) is 65.1 Å². The van der Waals surface area contributed by atoms with Gasteiger partial charge in [0.05, 0.1) is 0 Å². The van der Waals surface area contributed by atoms with E-state index in [2.05, 4.69) is 10.3 Å². The summed E-state index contributed by atoms with van der Waals surface area (Å²) in [5.41, 5.74) is 2.68. The highest BCUT2D eigenvalue weighted by atomic mass is 19.1. The van der Waals surface area contributed by atoms with Crippen molar-refractivity contribution in [3.05, 3.63) is 47.4 Å². The normalized spacial score (nSPS) is 12.3. The average Bonchev–Trinajstić information content (AvgIpc) is 2.79. The van der Waals surface area contributed by atoms with Crippen LogP contribution in [0.15, 0.2) is 36.0 Å². The van der Waals surface area contributed by atoms with E-state index in [9.17, 15) is 14.3 Å². The van der Waals surface area contributed by atoms with E-state index in [0.717, 1.165) is 16.5 Å². The Morgan fingerprint density at radius 3 is 2.90 bits per heavy atom. The summed E-state index contributed by atoms with van der Waals surface area (Å²) >= 11 is 0. The third-order valence-corrected chi connectivity index (χ3v) is 3.33. The molecule has 0 bridgehead atoms. The minimum absolute atomic E-state index is 0.313. The van der Waals surface area contributed by atoms with Gasteiger partial charge in [0.15, 0.2) is 0 Å². The fraction of sp³-hybridized carbons (Fsp3) is 0.312. The van der Waals surface area contributed by atoms with Gasteiger partial charge in [0.1, 0.15) is 11.9 Å². The second-order valence-electron chi connectivity index (χ2n) is 5.29. The number of carboxylic acids is 1. The lowest BCUT2D eigenvalue weighted by molar-refractivity contribution is -0.139. The summed E-state index contributed by atoms with van der Waals surface area (Å²) in [6, 6.07) is 3.78. The second kappa shape index (κ2) is 6.54. The number of benzene rings is 1. The van der Waals surface area contributed by atoms with Crippen molar-refractivity contribution >= 4 is 16.9 Å². The summed E-state index contributed by atoms with van der Waals surface area (Å²) in [6.07, 6.45) is 4.03. The Bertz CT molecular complexity index is 672. The van der Waals surface area contributed by atoms with Crippen molar-refractivity contribution in [2.24, 2.45) is 0 Å². The molecule has 0 saturated carbocycles. The first-order valence-corrected chi connectivity index (χ1v) is 6.82. The van der Waals surface area contributed by atoms with Gasteiger partial charge in [-0.15, -0.1) is 0 Å². The van der Waals surface area contributed by atoms with Gasteiger partial charge < -0.3 is 15.4 Å². The number of rotatable bonds is 6. The molecule has 21 heavy (non-hydrogen) atoms. The number of nitrogens with one attached hydrogen (secondary N) is 2. The van der Waals surface area contributed by atoms with E-state index >= 15 is 0 Å². The van der Waals surface area contributed by atoms with Gasteiger partial charge in [-0.05, 0) is 37.6 Å². The van der Waals surface area contributed by atoms with Crippen LogP contribution in [0.5, 0.6) is 0 Å². The van der Waals surface area contributed by atoms with Crippen molar-refractivity contribution in [1.82, 2.24) is 10.3 Å². The lowest BCUT2D eigenvalue weighted by Gasteiger charge is -2.13. The van der Waals surface area contributed by atoms with Gasteiger partial charge >= 0.3 is 5.97 Å². The Balaban J connectivity index is 2.15. The second-order valence-corrected chi connectivity index (χ2v) is 5.29. The van der Waals surface area contributed by atoms with Gasteiger partial charge in [0.2, 0.25) is 0 Å². The molecule has 4 nitrogen and oxygen atoms in total. The van der Waals surface area contributed by atoms with Crippen molar-refractivity contribution in [3.63, 3.8) is 0 Å². The highest BCUT2D eigenvalue weighted by Gasteiger charge is 2.18. The zero-order valence-electron chi connectivity index (χ0n) is 12.1. The van der Waals surface area contributed by atoms with Gasteiger partial charge in [-0.3, -0.25) is 4.79 Å². The molecule has 1 atom stereocenters. The highest BCUT2D eigenvalue weighted by Crippen LogP contribution is 2.20. The summed E-state index contributed by atoms with van der Waals surface area (Å²) in [5, 5.41) is 13.2. The molecule has 0 radical (unpaired) electrons. The third kappa shape index (κ3) is 3.92. The Morgan fingerprint density at radius 1 is 1.48 bits per heavy atom. The van der Waals surface area contributed by atoms with Gasteiger partial charge in [-0.2, -0.15) is 0 Å². The number of allylic oxidation sites excluding steroid dienone is 1. The molecule has 112 valence electrons. The molecule has 5 heteroatoms. The van der Waals surface area contributed by atoms with E-state index < -0.39 is 12.0 Å². The van der Waals surface area contributed by atoms with Crippen LogP contribution < -0.4 is 5.32 Å². The summed E-state index contributed by atoms with van der Waals surface area (Å²) in [7, 11) is 0. The van der Waals surface area contributed by atoms with Gasteiger partial charge in [0, 0.05) is 30.1 Å².